The molecule has 22 heavy (non-hydrogen) atoms. The number of nitrogens with one attached hydrogen (secondary N) is 2. The lowest BCUT2D eigenvalue weighted by Crippen LogP contribution is -2.38. The van der Waals surface area contributed by atoms with E-state index in [0.717, 1.165) is 10.0 Å². The molecule has 6 nitrogen and oxygen atoms in total. The summed E-state index contributed by atoms with van der Waals surface area (Å²) < 4.78 is 0.860. The Morgan fingerprint density at radius 3 is 2.59 bits per heavy atom. The number of hydrogen-bond acceptors (Lipinski definition) is 3. The standard InChI is InChI=1S/C15H17BrN2O4/c1-9-2-3-10(16)8-11(9)18-12(19)4-7-17-13(20)15(5-6-15)14(21)22/h2-3,8H,4-7H2,1H3,(H,17,20)(H,18,19)(H,21,22). The van der Waals surface area contributed by atoms with E-state index in [9.17, 15) is 14.4 Å². The first-order chi connectivity index (χ1) is 10.3. The maximum atomic E-state index is 11.9. The second kappa shape index (κ2) is 6.48. The van der Waals surface area contributed by atoms with Crippen molar-refractivity contribution < 1.29 is 19.5 Å². The number of anilines is 1. The smallest absolute Gasteiger partial charge is 0.319 e. The highest BCUT2D eigenvalue weighted by molar-refractivity contribution is 9.10. The molecule has 1 aliphatic carbocycles. The molecule has 1 fully saturated rings. The zero-order valence-electron chi connectivity index (χ0n) is 12.1. The zero-order chi connectivity index (χ0) is 16.3. The van der Waals surface area contributed by atoms with Gasteiger partial charge in [-0.2, -0.15) is 0 Å². The maximum Gasteiger partial charge on any atom is 0.319 e. The first-order valence-corrected chi connectivity index (χ1v) is 7.72. The van der Waals surface area contributed by atoms with E-state index in [-0.39, 0.29) is 18.9 Å². The van der Waals surface area contributed by atoms with E-state index in [1.807, 2.05) is 19.1 Å². The normalized spacial score (nSPS) is 15.0. The van der Waals surface area contributed by atoms with Crippen molar-refractivity contribution in [3.8, 4) is 0 Å². The van der Waals surface area contributed by atoms with Crippen molar-refractivity contribution in [2.45, 2.75) is 26.2 Å². The van der Waals surface area contributed by atoms with Gasteiger partial charge in [0.15, 0.2) is 0 Å². The summed E-state index contributed by atoms with van der Waals surface area (Å²) >= 11 is 3.34. The zero-order valence-corrected chi connectivity index (χ0v) is 13.7. The van der Waals surface area contributed by atoms with Crippen molar-refractivity contribution >= 4 is 39.4 Å². The Balaban J connectivity index is 1.80. The summed E-state index contributed by atoms with van der Waals surface area (Å²) in [6.45, 7) is 2.00. The summed E-state index contributed by atoms with van der Waals surface area (Å²) in [4.78, 5) is 34.6. The van der Waals surface area contributed by atoms with E-state index in [2.05, 4.69) is 26.6 Å². The number of carbonyl (C=O) groups is 3. The van der Waals surface area contributed by atoms with Gasteiger partial charge in [0.1, 0.15) is 5.41 Å². The van der Waals surface area contributed by atoms with Crippen molar-refractivity contribution in [2.75, 3.05) is 11.9 Å². The molecule has 0 bridgehead atoms. The number of hydrogen-bond donors (Lipinski definition) is 3. The highest BCUT2D eigenvalue weighted by atomic mass is 79.9. The lowest BCUT2D eigenvalue weighted by Gasteiger charge is -2.11. The maximum absolute atomic E-state index is 11.9. The fourth-order valence-corrected chi connectivity index (χ4v) is 2.42. The third-order valence-corrected chi connectivity index (χ3v) is 4.20. The highest BCUT2D eigenvalue weighted by Crippen LogP contribution is 2.46. The summed E-state index contributed by atoms with van der Waals surface area (Å²) in [6.07, 6.45) is 0.808. The van der Waals surface area contributed by atoms with Crippen LogP contribution in [0.15, 0.2) is 22.7 Å². The number of amides is 2. The van der Waals surface area contributed by atoms with E-state index in [1.165, 1.54) is 0 Å². The van der Waals surface area contributed by atoms with Crippen LogP contribution >= 0.6 is 15.9 Å². The van der Waals surface area contributed by atoms with Crippen LogP contribution in [-0.4, -0.2) is 29.4 Å². The van der Waals surface area contributed by atoms with Crippen LogP contribution in [0.4, 0.5) is 5.69 Å². The Bertz CT molecular complexity index is 626. The summed E-state index contributed by atoms with van der Waals surface area (Å²) in [6, 6.07) is 5.56. The first kappa shape index (κ1) is 16.5. The van der Waals surface area contributed by atoms with Crippen molar-refractivity contribution in [1.82, 2.24) is 5.32 Å². The second-order valence-corrected chi connectivity index (χ2v) is 6.32. The molecule has 0 atom stereocenters. The van der Waals surface area contributed by atoms with Crippen LogP contribution in [0.25, 0.3) is 0 Å². The molecule has 3 N–H and O–H groups in total. The van der Waals surface area contributed by atoms with E-state index in [4.69, 9.17) is 5.11 Å². The van der Waals surface area contributed by atoms with Gasteiger partial charge in [-0.15, -0.1) is 0 Å². The Hall–Kier alpha value is -1.89. The van der Waals surface area contributed by atoms with Gasteiger partial charge in [0, 0.05) is 23.1 Å². The van der Waals surface area contributed by atoms with Gasteiger partial charge in [-0.1, -0.05) is 22.0 Å². The molecule has 1 aromatic rings. The minimum Gasteiger partial charge on any atom is -0.480 e. The van der Waals surface area contributed by atoms with Crippen molar-refractivity contribution in [1.29, 1.82) is 0 Å². The van der Waals surface area contributed by atoms with E-state index in [0.29, 0.717) is 18.5 Å². The molecule has 0 heterocycles. The van der Waals surface area contributed by atoms with Crippen LogP contribution < -0.4 is 10.6 Å². The largest absolute Gasteiger partial charge is 0.480 e. The third kappa shape index (κ3) is 3.65. The molecule has 0 unspecified atom stereocenters. The number of aryl methyl sites for hydroxylation is 1. The third-order valence-electron chi connectivity index (χ3n) is 3.71. The Morgan fingerprint density at radius 2 is 2.00 bits per heavy atom. The fourth-order valence-electron chi connectivity index (χ4n) is 2.06. The van der Waals surface area contributed by atoms with Crippen LogP contribution in [-0.2, 0) is 14.4 Å². The number of aliphatic carboxylic acids is 1. The lowest BCUT2D eigenvalue weighted by molar-refractivity contribution is -0.149. The minimum absolute atomic E-state index is 0.0907. The molecule has 1 aromatic carbocycles. The van der Waals surface area contributed by atoms with Crippen molar-refractivity contribution in [3.05, 3.63) is 28.2 Å². The number of benzene rings is 1. The molecule has 0 radical (unpaired) electrons. The minimum atomic E-state index is -1.27. The van der Waals surface area contributed by atoms with Gasteiger partial charge in [0.05, 0.1) is 0 Å². The summed E-state index contributed by atoms with van der Waals surface area (Å²) in [5.74, 6) is -1.84. The van der Waals surface area contributed by atoms with Crippen molar-refractivity contribution in [3.63, 3.8) is 0 Å². The molecule has 0 spiro atoms. The van der Waals surface area contributed by atoms with E-state index < -0.39 is 17.3 Å². The molecule has 1 saturated carbocycles. The van der Waals surface area contributed by atoms with Crippen LogP contribution in [0.3, 0.4) is 0 Å². The predicted octanol–water partition coefficient (Wildman–Crippen LogP) is 2.07. The molecule has 0 aromatic heterocycles. The summed E-state index contributed by atoms with van der Waals surface area (Å²) in [7, 11) is 0. The van der Waals surface area contributed by atoms with Crippen LogP contribution in [0.2, 0.25) is 0 Å². The molecule has 2 rings (SSSR count). The number of carboxylic acid groups (broad SMARTS) is 1. The second-order valence-electron chi connectivity index (χ2n) is 5.40. The van der Waals surface area contributed by atoms with Gasteiger partial charge in [0.25, 0.3) is 0 Å². The molecule has 0 saturated heterocycles. The van der Waals surface area contributed by atoms with Crippen molar-refractivity contribution in [2.24, 2.45) is 5.41 Å². The molecule has 118 valence electrons. The molecule has 0 aliphatic heterocycles. The molecular weight excluding hydrogens is 352 g/mol. The Morgan fingerprint density at radius 1 is 1.32 bits per heavy atom. The van der Waals surface area contributed by atoms with Gasteiger partial charge in [-0.3, -0.25) is 14.4 Å². The van der Waals surface area contributed by atoms with Gasteiger partial charge in [0.2, 0.25) is 11.8 Å². The molecule has 2 amide bonds. The Labute approximate surface area is 136 Å². The molecule has 7 heteroatoms. The SMILES string of the molecule is Cc1ccc(Br)cc1NC(=O)CCNC(=O)C1(C(=O)O)CC1. The molecule has 1 aliphatic rings. The van der Waals surface area contributed by atoms with Gasteiger partial charge < -0.3 is 15.7 Å². The Kier molecular flexibility index (Phi) is 4.85. The number of carboxylic acids is 1. The summed E-state index contributed by atoms with van der Waals surface area (Å²) in [5.41, 5.74) is 0.371. The van der Waals surface area contributed by atoms with Gasteiger partial charge in [-0.25, -0.2) is 0 Å². The monoisotopic (exact) mass is 368 g/mol. The van der Waals surface area contributed by atoms with Gasteiger partial charge >= 0.3 is 5.97 Å². The topological polar surface area (TPSA) is 95.5 Å². The van der Waals surface area contributed by atoms with Crippen LogP contribution in [0.1, 0.15) is 24.8 Å². The van der Waals surface area contributed by atoms with Crippen LogP contribution in [0.5, 0.6) is 0 Å². The molecular formula is C15H17BrN2O4. The van der Waals surface area contributed by atoms with Gasteiger partial charge in [-0.05, 0) is 37.5 Å². The summed E-state index contributed by atoms with van der Waals surface area (Å²) in [5, 5.41) is 14.3. The number of rotatable bonds is 6. The number of halogens is 1. The quantitative estimate of drug-likeness (QED) is 0.669. The fraction of sp³-hybridized carbons (Fsp3) is 0.400. The average molecular weight is 369 g/mol. The van der Waals surface area contributed by atoms with E-state index in [1.54, 1.807) is 6.07 Å². The lowest BCUT2D eigenvalue weighted by atomic mass is 10.1. The van der Waals surface area contributed by atoms with Crippen LogP contribution in [0, 0.1) is 12.3 Å². The first-order valence-electron chi connectivity index (χ1n) is 6.93. The van der Waals surface area contributed by atoms with E-state index >= 15 is 0 Å². The highest BCUT2D eigenvalue weighted by Gasteiger charge is 2.56. The average Bonchev–Trinajstić information content (AvgIpc) is 3.24. The number of carbonyl (C=O) groups excluding carboxylic acids is 2. The predicted molar refractivity (Wildman–Crippen MR) is 84.4 cm³/mol.